The number of nitrogens with zero attached hydrogens (tertiary/aromatic N) is 1. The standard InChI is InChI=1S/C12H17BrN2O3S/c1-15(12-5-4-9(13)7-11(12)14)19(16,17)8-10-3-2-6-18-10/h4-5,7,10H,2-3,6,8,14H2,1H3. The first-order chi connectivity index (χ1) is 8.90. The van der Waals surface area contributed by atoms with Gasteiger partial charge in [-0.1, -0.05) is 15.9 Å². The molecule has 0 saturated carbocycles. The van der Waals surface area contributed by atoms with Crippen LogP contribution in [0.2, 0.25) is 0 Å². The van der Waals surface area contributed by atoms with Crippen molar-refractivity contribution in [3.05, 3.63) is 22.7 Å². The lowest BCUT2D eigenvalue weighted by Crippen LogP contribution is -2.34. The molecule has 2 rings (SSSR count). The highest BCUT2D eigenvalue weighted by Gasteiger charge is 2.27. The fraction of sp³-hybridized carbons (Fsp3) is 0.500. The maximum Gasteiger partial charge on any atom is 0.237 e. The second kappa shape index (κ2) is 5.68. The normalized spacial score (nSPS) is 19.6. The lowest BCUT2D eigenvalue weighted by Gasteiger charge is -2.22. The quantitative estimate of drug-likeness (QED) is 0.844. The maximum absolute atomic E-state index is 12.3. The Labute approximate surface area is 121 Å². The van der Waals surface area contributed by atoms with Crippen LogP contribution in [-0.2, 0) is 14.8 Å². The van der Waals surface area contributed by atoms with Crippen LogP contribution in [0.1, 0.15) is 12.8 Å². The Morgan fingerprint density at radius 1 is 1.53 bits per heavy atom. The molecule has 1 heterocycles. The number of hydrogen-bond donors (Lipinski definition) is 1. The Morgan fingerprint density at radius 3 is 2.84 bits per heavy atom. The van der Waals surface area contributed by atoms with Crippen molar-refractivity contribution < 1.29 is 13.2 Å². The third-order valence-corrected chi connectivity index (χ3v) is 5.48. The Bertz CT molecular complexity index is 556. The molecule has 0 bridgehead atoms. The van der Waals surface area contributed by atoms with Gasteiger partial charge in [0.1, 0.15) is 0 Å². The third kappa shape index (κ3) is 3.40. The first kappa shape index (κ1) is 14.6. The summed E-state index contributed by atoms with van der Waals surface area (Å²) in [4.78, 5) is 0. The van der Waals surface area contributed by atoms with Crippen molar-refractivity contribution in [2.24, 2.45) is 0 Å². The SMILES string of the molecule is CN(c1ccc(Br)cc1N)S(=O)(=O)CC1CCCO1. The summed E-state index contributed by atoms with van der Waals surface area (Å²) in [6.45, 7) is 0.643. The Hall–Kier alpha value is -0.790. The van der Waals surface area contributed by atoms with Gasteiger partial charge >= 0.3 is 0 Å². The number of benzene rings is 1. The summed E-state index contributed by atoms with van der Waals surface area (Å²) < 4.78 is 32.0. The van der Waals surface area contributed by atoms with Crippen LogP contribution < -0.4 is 10.0 Å². The summed E-state index contributed by atoms with van der Waals surface area (Å²) >= 11 is 3.30. The fourth-order valence-electron chi connectivity index (χ4n) is 2.08. The van der Waals surface area contributed by atoms with Crippen molar-refractivity contribution in [3.63, 3.8) is 0 Å². The molecule has 1 aromatic rings. The third-order valence-electron chi connectivity index (χ3n) is 3.17. The number of hydrogen-bond acceptors (Lipinski definition) is 4. The van der Waals surface area contributed by atoms with Crippen molar-refractivity contribution >= 4 is 37.3 Å². The van der Waals surface area contributed by atoms with E-state index in [1.165, 1.54) is 11.4 Å². The largest absolute Gasteiger partial charge is 0.397 e. The number of anilines is 2. The van der Waals surface area contributed by atoms with Gasteiger partial charge in [0.2, 0.25) is 10.0 Å². The number of halogens is 1. The van der Waals surface area contributed by atoms with E-state index in [-0.39, 0.29) is 11.9 Å². The van der Waals surface area contributed by atoms with Gasteiger partial charge in [-0.25, -0.2) is 8.42 Å². The molecule has 106 valence electrons. The van der Waals surface area contributed by atoms with Crippen LogP contribution in [0.3, 0.4) is 0 Å². The zero-order valence-electron chi connectivity index (χ0n) is 10.7. The molecule has 1 atom stereocenters. The van der Waals surface area contributed by atoms with Crippen LogP contribution in [0.25, 0.3) is 0 Å². The maximum atomic E-state index is 12.3. The summed E-state index contributed by atoms with van der Waals surface area (Å²) in [6.07, 6.45) is 1.51. The lowest BCUT2D eigenvalue weighted by atomic mass is 10.3. The highest BCUT2D eigenvalue weighted by atomic mass is 79.9. The Morgan fingerprint density at radius 2 is 2.26 bits per heavy atom. The summed E-state index contributed by atoms with van der Waals surface area (Å²) in [5, 5.41) is 0. The molecule has 5 nitrogen and oxygen atoms in total. The first-order valence-corrected chi connectivity index (χ1v) is 8.43. The molecule has 0 aliphatic carbocycles. The van der Waals surface area contributed by atoms with E-state index in [4.69, 9.17) is 10.5 Å². The van der Waals surface area contributed by atoms with E-state index in [0.29, 0.717) is 18.0 Å². The number of ether oxygens (including phenoxy) is 1. The van der Waals surface area contributed by atoms with Crippen LogP contribution >= 0.6 is 15.9 Å². The molecule has 1 fully saturated rings. The summed E-state index contributed by atoms with van der Waals surface area (Å²) in [5.74, 6) is -0.000988. The molecule has 1 saturated heterocycles. The molecule has 0 spiro atoms. The van der Waals surface area contributed by atoms with Gasteiger partial charge in [0.15, 0.2) is 0 Å². The average Bonchev–Trinajstić information content (AvgIpc) is 2.80. The van der Waals surface area contributed by atoms with Gasteiger partial charge in [-0.2, -0.15) is 0 Å². The van der Waals surface area contributed by atoms with Crippen LogP contribution in [0.4, 0.5) is 11.4 Å². The predicted octanol–water partition coefficient (Wildman–Crippen LogP) is 1.98. The van der Waals surface area contributed by atoms with Crippen LogP contribution in [0.15, 0.2) is 22.7 Å². The van der Waals surface area contributed by atoms with Crippen molar-refractivity contribution in [2.45, 2.75) is 18.9 Å². The van der Waals surface area contributed by atoms with Gasteiger partial charge in [-0.15, -0.1) is 0 Å². The van der Waals surface area contributed by atoms with E-state index >= 15 is 0 Å². The highest BCUT2D eigenvalue weighted by molar-refractivity contribution is 9.10. The predicted molar refractivity (Wildman–Crippen MR) is 79.7 cm³/mol. The minimum absolute atomic E-state index is 0.000988. The first-order valence-electron chi connectivity index (χ1n) is 6.03. The van der Waals surface area contributed by atoms with E-state index in [1.807, 2.05) is 0 Å². The second-order valence-corrected chi connectivity index (χ2v) is 7.54. The molecule has 1 aromatic carbocycles. The fourth-order valence-corrected chi connectivity index (χ4v) is 3.89. The Balaban J connectivity index is 2.19. The van der Waals surface area contributed by atoms with Gasteiger partial charge in [-0.3, -0.25) is 4.31 Å². The number of nitrogen functional groups attached to an aromatic ring is 1. The smallest absolute Gasteiger partial charge is 0.237 e. The van der Waals surface area contributed by atoms with Crippen LogP contribution in [0.5, 0.6) is 0 Å². The zero-order valence-corrected chi connectivity index (χ0v) is 13.1. The second-order valence-electron chi connectivity index (χ2n) is 4.58. The molecule has 1 aliphatic rings. The van der Waals surface area contributed by atoms with E-state index in [0.717, 1.165) is 17.3 Å². The minimum Gasteiger partial charge on any atom is -0.397 e. The highest BCUT2D eigenvalue weighted by Crippen LogP contribution is 2.28. The summed E-state index contributed by atoms with van der Waals surface area (Å²) in [6, 6.07) is 5.14. The summed E-state index contributed by atoms with van der Waals surface area (Å²) in [7, 11) is -1.90. The van der Waals surface area contributed by atoms with Crippen molar-refractivity contribution in [1.29, 1.82) is 0 Å². The average molecular weight is 349 g/mol. The van der Waals surface area contributed by atoms with Gasteiger partial charge < -0.3 is 10.5 Å². The van der Waals surface area contributed by atoms with Crippen LogP contribution in [-0.4, -0.2) is 33.9 Å². The van der Waals surface area contributed by atoms with Crippen molar-refractivity contribution in [3.8, 4) is 0 Å². The molecule has 7 heteroatoms. The molecule has 0 amide bonds. The molecule has 1 unspecified atom stereocenters. The molecular formula is C12H17BrN2O3S. The number of nitrogens with two attached hydrogens (primary N) is 1. The van der Waals surface area contributed by atoms with Crippen molar-refractivity contribution in [2.75, 3.05) is 29.4 Å². The molecular weight excluding hydrogens is 332 g/mol. The van der Waals surface area contributed by atoms with E-state index in [9.17, 15) is 8.42 Å². The van der Waals surface area contributed by atoms with Gasteiger partial charge in [-0.05, 0) is 31.0 Å². The molecule has 19 heavy (non-hydrogen) atoms. The minimum atomic E-state index is -3.42. The monoisotopic (exact) mass is 348 g/mol. The Kier molecular flexibility index (Phi) is 4.37. The molecule has 0 aromatic heterocycles. The number of sulfonamides is 1. The lowest BCUT2D eigenvalue weighted by molar-refractivity contribution is 0.127. The van der Waals surface area contributed by atoms with Crippen LogP contribution in [0, 0.1) is 0 Å². The van der Waals surface area contributed by atoms with E-state index in [2.05, 4.69) is 15.9 Å². The van der Waals surface area contributed by atoms with E-state index < -0.39 is 10.0 Å². The summed E-state index contributed by atoms with van der Waals surface area (Å²) in [5.41, 5.74) is 6.77. The zero-order chi connectivity index (χ0) is 14.0. The number of rotatable bonds is 4. The van der Waals surface area contributed by atoms with Gasteiger partial charge in [0.05, 0.1) is 23.2 Å². The van der Waals surface area contributed by atoms with Gasteiger partial charge in [0.25, 0.3) is 0 Å². The molecule has 2 N–H and O–H groups in total. The van der Waals surface area contributed by atoms with Gasteiger partial charge in [0, 0.05) is 18.1 Å². The van der Waals surface area contributed by atoms with E-state index in [1.54, 1.807) is 18.2 Å². The topological polar surface area (TPSA) is 72.6 Å². The molecule has 1 aliphatic heterocycles. The molecule has 0 radical (unpaired) electrons. The van der Waals surface area contributed by atoms with Crippen molar-refractivity contribution in [1.82, 2.24) is 0 Å².